The predicted molar refractivity (Wildman–Crippen MR) is 84.0 cm³/mol. The fourth-order valence-electron chi connectivity index (χ4n) is 3.66. The van der Waals surface area contributed by atoms with Crippen molar-refractivity contribution in [2.75, 3.05) is 13.6 Å². The molecule has 0 spiro atoms. The molecule has 0 aromatic carbocycles. The topological polar surface area (TPSA) is 45.7 Å². The molecule has 20 heavy (non-hydrogen) atoms. The van der Waals surface area contributed by atoms with Gasteiger partial charge in [0, 0.05) is 13.6 Å². The van der Waals surface area contributed by atoms with E-state index in [9.17, 15) is 0 Å². The number of guanidine groups is 1. The van der Waals surface area contributed by atoms with Gasteiger partial charge in [0.1, 0.15) is 0 Å². The van der Waals surface area contributed by atoms with E-state index in [1.807, 2.05) is 7.05 Å². The van der Waals surface area contributed by atoms with Gasteiger partial charge in [0.05, 0.1) is 18.2 Å². The summed E-state index contributed by atoms with van der Waals surface area (Å²) in [7, 11) is 1.85. The third-order valence-electron chi connectivity index (χ3n) is 4.35. The fraction of sp³-hybridized carbons (Fsp3) is 0.938. The molecule has 2 aliphatic rings. The Bertz CT molecular complexity index is 352. The monoisotopic (exact) mass is 281 g/mol. The second-order valence-electron chi connectivity index (χ2n) is 7.55. The van der Waals surface area contributed by atoms with E-state index >= 15 is 0 Å². The zero-order valence-electron chi connectivity index (χ0n) is 13.7. The molecular formula is C16H31N3O. The highest BCUT2D eigenvalue weighted by Crippen LogP contribution is 2.34. The Morgan fingerprint density at radius 1 is 1.35 bits per heavy atom. The molecule has 3 atom stereocenters. The van der Waals surface area contributed by atoms with Crippen LogP contribution < -0.4 is 10.6 Å². The largest absolute Gasteiger partial charge is 0.373 e. The maximum Gasteiger partial charge on any atom is 0.191 e. The van der Waals surface area contributed by atoms with E-state index in [2.05, 4.69) is 43.3 Å². The van der Waals surface area contributed by atoms with Crippen molar-refractivity contribution in [1.29, 1.82) is 0 Å². The van der Waals surface area contributed by atoms with E-state index in [-0.39, 0.29) is 5.41 Å². The lowest BCUT2D eigenvalue weighted by Crippen LogP contribution is -2.49. The molecule has 4 nitrogen and oxygen atoms in total. The van der Waals surface area contributed by atoms with Gasteiger partial charge < -0.3 is 15.4 Å². The van der Waals surface area contributed by atoms with Crippen LogP contribution in [0.4, 0.5) is 0 Å². The van der Waals surface area contributed by atoms with Crippen LogP contribution >= 0.6 is 0 Å². The maximum atomic E-state index is 5.88. The molecule has 2 heterocycles. The van der Waals surface area contributed by atoms with Gasteiger partial charge in [-0.15, -0.1) is 0 Å². The highest BCUT2D eigenvalue weighted by atomic mass is 16.5. The van der Waals surface area contributed by atoms with Crippen LogP contribution in [0.3, 0.4) is 0 Å². The molecule has 3 unspecified atom stereocenters. The van der Waals surface area contributed by atoms with Crippen molar-refractivity contribution in [3.05, 3.63) is 0 Å². The summed E-state index contributed by atoms with van der Waals surface area (Å²) in [6.45, 7) is 10.1. The average Bonchev–Trinajstić information content (AvgIpc) is 2.94. The first-order valence-corrected chi connectivity index (χ1v) is 8.02. The van der Waals surface area contributed by atoms with Crippen molar-refractivity contribution in [3.63, 3.8) is 0 Å². The minimum Gasteiger partial charge on any atom is -0.373 e. The maximum absolute atomic E-state index is 5.88. The van der Waals surface area contributed by atoms with Gasteiger partial charge in [-0.25, -0.2) is 0 Å². The molecule has 2 N–H and O–H groups in total. The Kier molecular flexibility index (Phi) is 4.95. The molecule has 116 valence electrons. The van der Waals surface area contributed by atoms with Crippen molar-refractivity contribution < 1.29 is 4.74 Å². The molecule has 0 amide bonds. The Morgan fingerprint density at radius 3 is 2.60 bits per heavy atom. The molecule has 2 saturated heterocycles. The van der Waals surface area contributed by atoms with E-state index in [0.29, 0.717) is 18.2 Å². The van der Waals surface area contributed by atoms with Crippen molar-refractivity contribution in [1.82, 2.24) is 10.6 Å². The number of aliphatic imine (C=N–C) groups is 1. The summed E-state index contributed by atoms with van der Waals surface area (Å²) in [6.07, 6.45) is 5.64. The van der Waals surface area contributed by atoms with Crippen molar-refractivity contribution in [2.24, 2.45) is 16.3 Å². The van der Waals surface area contributed by atoms with Gasteiger partial charge >= 0.3 is 0 Å². The van der Waals surface area contributed by atoms with E-state index in [0.717, 1.165) is 24.8 Å². The normalized spacial score (nSPS) is 30.1. The van der Waals surface area contributed by atoms with Crippen molar-refractivity contribution >= 4 is 5.96 Å². The Morgan fingerprint density at radius 2 is 2.10 bits per heavy atom. The summed E-state index contributed by atoms with van der Waals surface area (Å²) < 4.78 is 5.88. The van der Waals surface area contributed by atoms with Gasteiger partial charge in [-0.3, -0.25) is 4.99 Å². The first kappa shape index (κ1) is 15.6. The smallest absolute Gasteiger partial charge is 0.191 e. The number of rotatable bonds is 5. The van der Waals surface area contributed by atoms with Crippen LogP contribution in [0.5, 0.6) is 0 Å². The summed E-state index contributed by atoms with van der Waals surface area (Å²) in [6, 6.07) is 0.438. The molecule has 2 rings (SSSR count). The summed E-state index contributed by atoms with van der Waals surface area (Å²) in [4.78, 5) is 4.36. The number of hydrogen-bond donors (Lipinski definition) is 2. The zero-order valence-corrected chi connectivity index (χ0v) is 13.7. The summed E-state index contributed by atoms with van der Waals surface area (Å²) >= 11 is 0. The Labute approximate surface area is 123 Å². The molecule has 0 aromatic heterocycles. The third kappa shape index (κ3) is 4.11. The van der Waals surface area contributed by atoms with E-state index in [1.54, 1.807) is 0 Å². The summed E-state index contributed by atoms with van der Waals surface area (Å²) in [5.41, 5.74) is 0.289. The quantitative estimate of drug-likeness (QED) is 0.601. The van der Waals surface area contributed by atoms with Crippen molar-refractivity contribution in [2.45, 2.75) is 71.6 Å². The van der Waals surface area contributed by atoms with Gasteiger partial charge in [0.25, 0.3) is 0 Å². The van der Waals surface area contributed by atoms with E-state index < -0.39 is 0 Å². The predicted octanol–water partition coefficient (Wildman–Crippen LogP) is 2.54. The van der Waals surface area contributed by atoms with Gasteiger partial charge in [0.15, 0.2) is 5.96 Å². The highest BCUT2D eigenvalue weighted by Gasteiger charge is 2.41. The minimum atomic E-state index is 0.289. The van der Waals surface area contributed by atoms with Crippen molar-refractivity contribution in [3.8, 4) is 0 Å². The average molecular weight is 281 g/mol. The van der Waals surface area contributed by atoms with Crippen LogP contribution in [-0.2, 0) is 4.74 Å². The lowest BCUT2D eigenvalue weighted by atomic mass is 9.84. The fourth-order valence-corrected chi connectivity index (χ4v) is 3.66. The minimum absolute atomic E-state index is 0.289. The lowest BCUT2D eigenvalue weighted by molar-refractivity contribution is 0.0992. The third-order valence-corrected chi connectivity index (χ3v) is 4.35. The van der Waals surface area contributed by atoms with Crippen LogP contribution in [0.25, 0.3) is 0 Å². The highest BCUT2D eigenvalue weighted by molar-refractivity contribution is 5.80. The van der Waals surface area contributed by atoms with Crippen LogP contribution in [-0.4, -0.2) is 37.8 Å². The number of nitrogens with zero attached hydrogens (tertiary/aromatic N) is 1. The molecule has 2 bridgehead atoms. The first-order valence-electron chi connectivity index (χ1n) is 8.02. The number of nitrogens with one attached hydrogen (secondary N) is 2. The lowest BCUT2D eigenvalue weighted by Gasteiger charge is -2.29. The van der Waals surface area contributed by atoms with Gasteiger partial charge in [-0.05, 0) is 37.0 Å². The molecule has 2 aliphatic heterocycles. The molecule has 4 heteroatoms. The molecule has 0 saturated carbocycles. The number of hydrogen-bond acceptors (Lipinski definition) is 2. The Balaban J connectivity index is 1.78. The van der Waals surface area contributed by atoms with Gasteiger partial charge in [-0.2, -0.15) is 0 Å². The molecular weight excluding hydrogens is 250 g/mol. The molecule has 0 radical (unpaired) electrons. The van der Waals surface area contributed by atoms with E-state index in [4.69, 9.17) is 4.74 Å². The van der Waals surface area contributed by atoms with Crippen LogP contribution in [0, 0.1) is 11.3 Å². The van der Waals surface area contributed by atoms with Gasteiger partial charge in [-0.1, -0.05) is 27.7 Å². The van der Waals surface area contributed by atoms with Gasteiger partial charge in [0.2, 0.25) is 0 Å². The second kappa shape index (κ2) is 6.33. The zero-order chi connectivity index (χ0) is 14.8. The SMILES string of the molecule is CN=C(NCC(C)(C)CC(C)C)NC1CC2CCC1O2. The second-order valence-corrected chi connectivity index (χ2v) is 7.55. The number of ether oxygens (including phenoxy) is 1. The molecule has 0 aliphatic carbocycles. The summed E-state index contributed by atoms with van der Waals surface area (Å²) in [5.74, 6) is 1.64. The van der Waals surface area contributed by atoms with E-state index in [1.165, 1.54) is 19.3 Å². The van der Waals surface area contributed by atoms with Crippen LogP contribution in [0.2, 0.25) is 0 Å². The number of fused-ring (bicyclic) bond motifs is 2. The standard InChI is InChI=1S/C16H31N3O/c1-11(2)9-16(3,4)10-18-15(17-5)19-13-8-12-6-7-14(13)20-12/h11-14H,6-10H2,1-5H3,(H2,17,18,19). The molecule has 2 fully saturated rings. The first-order chi connectivity index (χ1) is 9.39. The Hall–Kier alpha value is -0.770. The van der Waals surface area contributed by atoms with Crippen LogP contribution in [0.1, 0.15) is 53.4 Å². The molecule has 0 aromatic rings. The van der Waals surface area contributed by atoms with Crippen LogP contribution in [0.15, 0.2) is 4.99 Å². The summed E-state index contributed by atoms with van der Waals surface area (Å²) in [5, 5.41) is 7.02.